The van der Waals surface area contributed by atoms with Crippen molar-refractivity contribution >= 4 is 5.91 Å². The molecule has 2 heterocycles. The third-order valence-electron chi connectivity index (χ3n) is 4.39. The minimum absolute atomic E-state index is 0.158. The number of methoxy groups -OCH3 is 1. The third kappa shape index (κ3) is 2.49. The Labute approximate surface area is 131 Å². The average molecular weight is 298 g/mol. The summed E-state index contributed by atoms with van der Waals surface area (Å²) < 4.78 is 7.33. The van der Waals surface area contributed by atoms with Gasteiger partial charge in [0, 0.05) is 30.2 Å². The summed E-state index contributed by atoms with van der Waals surface area (Å²) in [7, 11) is 1.66. The monoisotopic (exact) mass is 298 g/mol. The summed E-state index contributed by atoms with van der Waals surface area (Å²) >= 11 is 0. The number of aromatic nitrogens is 1. The molecule has 1 saturated heterocycles. The van der Waals surface area contributed by atoms with Crippen molar-refractivity contribution in [2.24, 2.45) is 0 Å². The van der Waals surface area contributed by atoms with Crippen LogP contribution in [0.25, 0.3) is 5.69 Å². The summed E-state index contributed by atoms with van der Waals surface area (Å²) in [6.07, 6.45) is 2.23. The molecule has 0 N–H and O–H groups in total. The number of aryl methyl sites for hydroxylation is 1. The van der Waals surface area contributed by atoms with Gasteiger partial charge in [0.1, 0.15) is 5.75 Å². The molecule has 1 amide bonds. The molecule has 0 radical (unpaired) electrons. The van der Waals surface area contributed by atoms with E-state index in [0.717, 1.165) is 54.3 Å². The smallest absolute Gasteiger partial charge is 0.255 e. The molecular weight excluding hydrogens is 276 g/mol. The molecule has 0 saturated carbocycles. The second kappa shape index (κ2) is 5.87. The average Bonchev–Trinajstić information content (AvgIpc) is 3.15. The maximum atomic E-state index is 12.7. The lowest BCUT2D eigenvalue weighted by Crippen LogP contribution is -2.27. The predicted octanol–water partition coefficient (Wildman–Crippen LogP) is 3.34. The zero-order valence-electron chi connectivity index (χ0n) is 13.4. The van der Waals surface area contributed by atoms with Gasteiger partial charge in [-0.05, 0) is 57.0 Å². The van der Waals surface area contributed by atoms with Crippen LogP contribution in [0.4, 0.5) is 0 Å². The highest BCUT2D eigenvalue weighted by atomic mass is 16.5. The van der Waals surface area contributed by atoms with Crippen molar-refractivity contribution < 1.29 is 9.53 Å². The summed E-state index contributed by atoms with van der Waals surface area (Å²) in [5.41, 5.74) is 3.94. The molecule has 1 aliphatic rings. The van der Waals surface area contributed by atoms with Crippen LogP contribution in [-0.2, 0) is 0 Å². The van der Waals surface area contributed by atoms with Crippen LogP contribution in [0.5, 0.6) is 5.75 Å². The van der Waals surface area contributed by atoms with Crippen LogP contribution < -0.4 is 4.74 Å². The highest BCUT2D eigenvalue weighted by molar-refractivity contribution is 5.96. The van der Waals surface area contributed by atoms with Crippen molar-refractivity contribution in [3.05, 3.63) is 47.3 Å². The minimum Gasteiger partial charge on any atom is -0.497 e. The van der Waals surface area contributed by atoms with Crippen LogP contribution in [-0.4, -0.2) is 35.6 Å². The fourth-order valence-corrected chi connectivity index (χ4v) is 3.20. The molecule has 3 rings (SSSR count). The molecule has 4 heteroatoms. The molecule has 1 aromatic carbocycles. The van der Waals surface area contributed by atoms with E-state index in [1.54, 1.807) is 7.11 Å². The van der Waals surface area contributed by atoms with Gasteiger partial charge in [0.2, 0.25) is 0 Å². The number of amides is 1. The number of nitrogens with zero attached hydrogens (tertiary/aromatic N) is 2. The van der Waals surface area contributed by atoms with E-state index in [2.05, 4.69) is 4.57 Å². The standard InChI is InChI=1S/C18H22N2O2/c1-13-12-17(18(21)19-10-4-5-11-19)14(2)20(13)15-6-8-16(22-3)9-7-15/h6-9,12H,4-5,10-11H2,1-3H3. The molecule has 0 atom stereocenters. The first-order valence-electron chi connectivity index (χ1n) is 7.74. The van der Waals surface area contributed by atoms with E-state index in [1.807, 2.05) is 49.1 Å². The summed E-state index contributed by atoms with van der Waals surface area (Å²) in [5.74, 6) is 0.991. The van der Waals surface area contributed by atoms with E-state index in [-0.39, 0.29) is 5.91 Å². The Hall–Kier alpha value is -2.23. The number of hydrogen-bond acceptors (Lipinski definition) is 2. The number of rotatable bonds is 3. The normalized spacial score (nSPS) is 14.4. The number of benzene rings is 1. The zero-order valence-corrected chi connectivity index (χ0v) is 13.4. The molecule has 0 aliphatic carbocycles. The third-order valence-corrected chi connectivity index (χ3v) is 4.39. The first kappa shape index (κ1) is 14.7. The molecule has 116 valence electrons. The van der Waals surface area contributed by atoms with Gasteiger partial charge in [-0.25, -0.2) is 0 Å². The van der Waals surface area contributed by atoms with Crippen LogP contribution in [0.15, 0.2) is 30.3 Å². The summed E-state index contributed by atoms with van der Waals surface area (Å²) in [4.78, 5) is 14.6. The Morgan fingerprint density at radius 3 is 2.32 bits per heavy atom. The Balaban J connectivity index is 1.96. The molecule has 22 heavy (non-hydrogen) atoms. The number of likely N-dealkylation sites (tertiary alicyclic amines) is 1. The van der Waals surface area contributed by atoms with E-state index >= 15 is 0 Å². The largest absolute Gasteiger partial charge is 0.497 e. The van der Waals surface area contributed by atoms with Crippen molar-refractivity contribution in [1.82, 2.24) is 9.47 Å². The molecule has 0 bridgehead atoms. The second-order valence-corrected chi connectivity index (χ2v) is 5.82. The highest BCUT2D eigenvalue weighted by Gasteiger charge is 2.23. The van der Waals surface area contributed by atoms with Gasteiger partial charge in [-0.15, -0.1) is 0 Å². The van der Waals surface area contributed by atoms with Gasteiger partial charge in [0.25, 0.3) is 5.91 Å². The van der Waals surface area contributed by atoms with Crippen LogP contribution in [0, 0.1) is 13.8 Å². The predicted molar refractivity (Wildman–Crippen MR) is 86.9 cm³/mol. The van der Waals surface area contributed by atoms with Crippen molar-refractivity contribution in [2.45, 2.75) is 26.7 Å². The summed E-state index contributed by atoms with van der Waals surface area (Å²) in [6, 6.07) is 9.92. The highest BCUT2D eigenvalue weighted by Crippen LogP contribution is 2.24. The quantitative estimate of drug-likeness (QED) is 0.871. The summed E-state index contributed by atoms with van der Waals surface area (Å²) in [6.45, 7) is 5.81. The van der Waals surface area contributed by atoms with Gasteiger partial charge < -0.3 is 14.2 Å². The maximum absolute atomic E-state index is 12.7. The Kier molecular flexibility index (Phi) is 3.92. The van der Waals surface area contributed by atoms with Gasteiger partial charge in [-0.1, -0.05) is 0 Å². The van der Waals surface area contributed by atoms with Gasteiger partial charge in [-0.3, -0.25) is 4.79 Å². The number of carbonyl (C=O) groups is 1. The molecule has 0 unspecified atom stereocenters. The van der Waals surface area contributed by atoms with Crippen molar-refractivity contribution in [3.8, 4) is 11.4 Å². The van der Waals surface area contributed by atoms with Crippen molar-refractivity contribution in [1.29, 1.82) is 0 Å². The first-order valence-corrected chi connectivity index (χ1v) is 7.74. The van der Waals surface area contributed by atoms with Gasteiger partial charge >= 0.3 is 0 Å². The lowest BCUT2D eigenvalue weighted by atomic mass is 10.2. The lowest BCUT2D eigenvalue weighted by Gasteiger charge is -2.15. The van der Waals surface area contributed by atoms with Gasteiger partial charge in [0.05, 0.1) is 12.7 Å². The molecule has 1 aliphatic heterocycles. The first-order chi connectivity index (χ1) is 10.6. The topological polar surface area (TPSA) is 34.5 Å². The van der Waals surface area contributed by atoms with E-state index in [1.165, 1.54) is 0 Å². The molecule has 1 aromatic heterocycles. The Bertz CT molecular complexity index is 680. The summed E-state index contributed by atoms with van der Waals surface area (Å²) in [5, 5.41) is 0. The Morgan fingerprint density at radius 1 is 1.09 bits per heavy atom. The van der Waals surface area contributed by atoms with Crippen molar-refractivity contribution in [3.63, 3.8) is 0 Å². The van der Waals surface area contributed by atoms with E-state index in [9.17, 15) is 4.79 Å². The van der Waals surface area contributed by atoms with Crippen LogP contribution >= 0.6 is 0 Å². The van der Waals surface area contributed by atoms with Crippen molar-refractivity contribution in [2.75, 3.05) is 20.2 Å². The fraction of sp³-hybridized carbons (Fsp3) is 0.389. The van der Waals surface area contributed by atoms with Crippen LogP contribution in [0.3, 0.4) is 0 Å². The molecule has 2 aromatic rings. The lowest BCUT2D eigenvalue weighted by molar-refractivity contribution is 0.0792. The van der Waals surface area contributed by atoms with E-state index in [4.69, 9.17) is 4.74 Å². The van der Waals surface area contributed by atoms with Crippen LogP contribution in [0.2, 0.25) is 0 Å². The second-order valence-electron chi connectivity index (χ2n) is 5.82. The minimum atomic E-state index is 0.158. The molecular formula is C18H22N2O2. The van der Waals surface area contributed by atoms with E-state index in [0.29, 0.717) is 0 Å². The number of carbonyl (C=O) groups excluding carboxylic acids is 1. The fourth-order valence-electron chi connectivity index (χ4n) is 3.20. The van der Waals surface area contributed by atoms with Crippen LogP contribution in [0.1, 0.15) is 34.6 Å². The number of hydrogen-bond donors (Lipinski definition) is 0. The van der Waals surface area contributed by atoms with E-state index < -0.39 is 0 Å². The molecule has 1 fully saturated rings. The number of ether oxygens (including phenoxy) is 1. The molecule has 4 nitrogen and oxygen atoms in total. The van der Waals surface area contributed by atoms with Gasteiger partial charge in [-0.2, -0.15) is 0 Å². The molecule has 0 spiro atoms. The zero-order chi connectivity index (χ0) is 15.7. The maximum Gasteiger partial charge on any atom is 0.255 e. The Morgan fingerprint density at radius 2 is 1.73 bits per heavy atom. The van der Waals surface area contributed by atoms with Gasteiger partial charge in [0.15, 0.2) is 0 Å². The SMILES string of the molecule is COc1ccc(-n2c(C)cc(C(=O)N3CCCC3)c2C)cc1.